The number of aliphatic hydroxyl groups excluding tert-OH is 1. The molecule has 0 saturated carbocycles. The van der Waals surface area contributed by atoms with Crippen LogP contribution in [0, 0.1) is 0 Å². The normalized spacial score (nSPS) is 13.5. The molecule has 1 aromatic rings. The highest BCUT2D eigenvalue weighted by Gasteiger charge is 2.19. The molecule has 0 fully saturated rings. The van der Waals surface area contributed by atoms with Crippen molar-refractivity contribution in [3.63, 3.8) is 0 Å². The van der Waals surface area contributed by atoms with Gasteiger partial charge in [0.15, 0.2) is 0 Å². The fourth-order valence-electron chi connectivity index (χ4n) is 2.00. The molecule has 1 atom stereocenters. The zero-order valence-electron chi connectivity index (χ0n) is 12.5. The monoisotopic (exact) mass is 282 g/mol. The lowest BCUT2D eigenvalue weighted by Gasteiger charge is -2.29. The maximum absolute atomic E-state index is 10.0. The summed E-state index contributed by atoms with van der Waals surface area (Å²) in [5.74, 6) is 0.581. The van der Waals surface area contributed by atoms with Crippen molar-refractivity contribution in [3.05, 3.63) is 24.3 Å². The van der Waals surface area contributed by atoms with Crippen LogP contribution >= 0.6 is 0 Å². The number of para-hydroxylation sites is 2. The van der Waals surface area contributed by atoms with Crippen LogP contribution < -0.4 is 10.5 Å². The van der Waals surface area contributed by atoms with Gasteiger partial charge in [-0.3, -0.25) is 4.90 Å². The van der Waals surface area contributed by atoms with E-state index in [1.165, 1.54) is 0 Å². The Hall–Kier alpha value is -1.30. The van der Waals surface area contributed by atoms with Crippen molar-refractivity contribution in [2.45, 2.75) is 32.5 Å². The van der Waals surface area contributed by atoms with Crippen molar-refractivity contribution < 1.29 is 14.9 Å². The van der Waals surface area contributed by atoms with Gasteiger partial charge in [-0.05, 0) is 32.5 Å². The largest absolute Gasteiger partial charge is 0.489 e. The molecule has 0 aliphatic carbocycles. The van der Waals surface area contributed by atoms with E-state index in [4.69, 9.17) is 10.5 Å². The molecule has 114 valence electrons. The maximum atomic E-state index is 10.0. The van der Waals surface area contributed by atoms with Crippen molar-refractivity contribution in [3.8, 4) is 5.75 Å². The van der Waals surface area contributed by atoms with Crippen LogP contribution in [0.3, 0.4) is 0 Å². The van der Waals surface area contributed by atoms with E-state index in [9.17, 15) is 10.2 Å². The van der Waals surface area contributed by atoms with Gasteiger partial charge in [0.2, 0.25) is 0 Å². The zero-order valence-corrected chi connectivity index (χ0v) is 12.5. The summed E-state index contributed by atoms with van der Waals surface area (Å²) in [6.45, 7) is 7.40. The van der Waals surface area contributed by atoms with E-state index in [-0.39, 0.29) is 6.61 Å². The third-order valence-corrected chi connectivity index (χ3v) is 2.88. The van der Waals surface area contributed by atoms with Gasteiger partial charge in [-0.2, -0.15) is 0 Å². The molecular weight excluding hydrogens is 256 g/mol. The van der Waals surface area contributed by atoms with Crippen LogP contribution in [0.5, 0.6) is 5.75 Å². The molecule has 1 unspecified atom stereocenters. The highest BCUT2D eigenvalue weighted by Crippen LogP contribution is 2.19. The Labute approximate surface area is 121 Å². The van der Waals surface area contributed by atoms with Gasteiger partial charge in [0.1, 0.15) is 18.5 Å². The Morgan fingerprint density at radius 2 is 2.00 bits per heavy atom. The first-order valence-corrected chi connectivity index (χ1v) is 6.92. The molecule has 1 rings (SSSR count). The van der Waals surface area contributed by atoms with Gasteiger partial charge in [0.05, 0.1) is 11.3 Å². The summed E-state index contributed by atoms with van der Waals surface area (Å²) in [6, 6.07) is 7.20. The van der Waals surface area contributed by atoms with Crippen molar-refractivity contribution in [2.24, 2.45) is 0 Å². The molecule has 5 heteroatoms. The van der Waals surface area contributed by atoms with Crippen LogP contribution in [0.4, 0.5) is 5.69 Å². The summed E-state index contributed by atoms with van der Waals surface area (Å²) in [5.41, 5.74) is 5.55. The van der Waals surface area contributed by atoms with Crippen LogP contribution in [0.25, 0.3) is 0 Å². The first-order valence-electron chi connectivity index (χ1n) is 6.92. The molecule has 0 heterocycles. The minimum Gasteiger partial charge on any atom is -0.489 e. The van der Waals surface area contributed by atoms with Crippen LogP contribution in [0.1, 0.15) is 20.8 Å². The fraction of sp³-hybridized carbons (Fsp3) is 0.600. The zero-order chi connectivity index (χ0) is 15.2. The second kappa shape index (κ2) is 7.47. The quantitative estimate of drug-likeness (QED) is 0.622. The van der Waals surface area contributed by atoms with Crippen LogP contribution in [0.15, 0.2) is 24.3 Å². The summed E-state index contributed by atoms with van der Waals surface area (Å²) < 4.78 is 5.51. The van der Waals surface area contributed by atoms with Gasteiger partial charge in [0, 0.05) is 13.1 Å². The average molecular weight is 282 g/mol. The molecule has 5 nitrogen and oxygen atoms in total. The Bertz CT molecular complexity index is 404. The number of benzene rings is 1. The molecule has 20 heavy (non-hydrogen) atoms. The first kappa shape index (κ1) is 16.8. The summed E-state index contributed by atoms with van der Waals surface area (Å²) in [4.78, 5) is 1.99. The second-order valence-electron chi connectivity index (χ2n) is 5.64. The lowest BCUT2D eigenvalue weighted by Crippen LogP contribution is -2.43. The molecule has 0 radical (unpaired) electrons. The van der Waals surface area contributed by atoms with E-state index in [0.717, 1.165) is 6.54 Å². The van der Waals surface area contributed by atoms with Crippen molar-refractivity contribution >= 4 is 5.69 Å². The highest BCUT2D eigenvalue weighted by atomic mass is 16.5. The van der Waals surface area contributed by atoms with E-state index in [1.54, 1.807) is 26.0 Å². The number of rotatable bonds is 8. The first-order chi connectivity index (χ1) is 9.31. The van der Waals surface area contributed by atoms with Crippen molar-refractivity contribution in [1.82, 2.24) is 4.90 Å². The molecule has 0 aliphatic rings. The number of nitrogen functional groups attached to an aromatic ring is 1. The van der Waals surface area contributed by atoms with E-state index >= 15 is 0 Å². The van der Waals surface area contributed by atoms with E-state index in [2.05, 4.69) is 0 Å². The Morgan fingerprint density at radius 3 is 2.55 bits per heavy atom. The molecule has 0 amide bonds. The van der Waals surface area contributed by atoms with Gasteiger partial charge in [-0.1, -0.05) is 19.1 Å². The molecule has 0 bridgehead atoms. The number of ether oxygens (including phenoxy) is 1. The number of anilines is 1. The molecule has 0 saturated heterocycles. The fourth-order valence-corrected chi connectivity index (χ4v) is 2.00. The average Bonchev–Trinajstić information content (AvgIpc) is 2.35. The van der Waals surface area contributed by atoms with E-state index in [1.807, 2.05) is 24.0 Å². The number of aliphatic hydroxyl groups is 2. The third-order valence-electron chi connectivity index (χ3n) is 2.88. The number of hydrogen-bond acceptors (Lipinski definition) is 5. The molecule has 0 aliphatic heterocycles. The van der Waals surface area contributed by atoms with Crippen molar-refractivity contribution in [2.75, 3.05) is 32.0 Å². The smallest absolute Gasteiger partial charge is 0.142 e. The predicted octanol–water partition coefficient (Wildman–Crippen LogP) is 1.10. The molecule has 0 aromatic heterocycles. The molecular formula is C15H26N2O3. The van der Waals surface area contributed by atoms with E-state index < -0.39 is 11.7 Å². The van der Waals surface area contributed by atoms with Crippen LogP contribution in [0.2, 0.25) is 0 Å². The lowest BCUT2D eigenvalue weighted by atomic mass is 10.1. The SMILES string of the molecule is CCN(CC(O)COc1ccccc1N)CC(C)(C)O. The summed E-state index contributed by atoms with van der Waals surface area (Å²) in [5, 5.41) is 19.8. The Morgan fingerprint density at radius 1 is 1.35 bits per heavy atom. The number of likely N-dealkylation sites (N-methyl/N-ethyl adjacent to an activating group) is 1. The Balaban J connectivity index is 2.43. The van der Waals surface area contributed by atoms with E-state index in [0.29, 0.717) is 24.5 Å². The molecule has 1 aromatic carbocycles. The van der Waals surface area contributed by atoms with Crippen molar-refractivity contribution in [1.29, 1.82) is 0 Å². The third kappa shape index (κ3) is 6.23. The highest BCUT2D eigenvalue weighted by molar-refractivity contribution is 5.51. The van der Waals surface area contributed by atoms with Gasteiger partial charge >= 0.3 is 0 Å². The predicted molar refractivity (Wildman–Crippen MR) is 80.8 cm³/mol. The molecule has 4 N–H and O–H groups in total. The Kier molecular flexibility index (Phi) is 6.26. The molecule has 0 spiro atoms. The summed E-state index contributed by atoms with van der Waals surface area (Å²) in [6.07, 6.45) is -0.628. The number of nitrogens with zero attached hydrogens (tertiary/aromatic N) is 1. The lowest BCUT2D eigenvalue weighted by molar-refractivity contribution is 0.0116. The van der Waals surface area contributed by atoms with Gasteiger partial charge in [-0.15, -0.1) is 0 Å². The van der Waals surface area contributed by atoms with Crippen LogP contribution in [-0.2, 0) is 0 Å². The number of nitrogens with two attached hydrogens (primary N) is 1. The minimum absolute atomic E-state index is 0.177. The topological polar surface area (TPSA) is 79.0 Å². The summed E-state index contributed by atoms with van der Waals surface area (Å²) >= 11 is 0. The second-order valence-corrected chi connectivity index (χ2v) is 5.64. The minimum atomic E-state index is -0.777. The maximum Gasteiger partial charge on any atom is 0.142 e. The van der Waals surface area contributed by atoms with Gasteiger partial charge in [0.25, 0.3) is 0 Å². The van der Waals surface area contributed by atoms with Gasteiger partial charge in [-0.25, -0.2) is 0 Å². The number of hydrogen-bond donors (Lipinski definition) is 3. The van der Waals surface area contributed by atoms with Gasteiger partial charge < -0.3 is 20.7 Å². The van der Waals surface area contributed by atoms with Crippen LogP contribution in [-0.4, -0.2) is 53.1 Å². The summed E-state index contributed by atoms with van der Waals surface area (Å²) in [7, 11) is 0. The standard InChI is InChI=1S/C15H26N2O3/c1-4-17(11-15(2,3)19)9-12(18)10-20-14-8-6-5-7-13(14)16/h5-8,12,18-19H,4,9-11,16H2,1-3H3.